The number of alkyl halides is 5. The molecule has 3 aromatic rings. The van der Waals surface area contributed by atoms with Gasteiger partial charge in [-0.1, -0.05) is 0 Å². The molecule has 0 saturated carbocycles. The number of aromatic amines is 1. The second kappa shape index (κ2) is 5.78. The van der Waals surface area contributed by atoms with Crippen LogP contribution in [0.1, 0.15) is 23.1 Å². The maximum absolute atomic E-state index is 13.6. The number of halogens is 5. The van der Waals surface area contributed by atoms with Crippen molar-refractivity contribution < 1.29 is 31.5 Å². The van der Waals surface area contributed by atoms with E-state index in [1.165, 1.54) is 12.1 Å². The third-order valence-electron chi connectivity index (χ3n) is 3.60. The molecule has 0 atom stereocenters. The van der Waals surface area contributed by atoms with E-state index < -0.39 is 29.2 Å². The number of hydrogen-bond donors (Lipinski definition) is 1. The number of carbonyl (C=O) groups excluding carboxylic acids is 1. The normalized spacial score (nSPS) is 12.7. The molecule has 3 heterocycles. The maximum Gasteiger partial charge on any atom is 0.459 e. The van der Waals surface area contributed by atoms with Crippen LogP contribution in [0.2, 0.25) is 0 Å². The minimum absolute atomic E-state index is 0.0590. The van der Waals surface area contributed by atoms with Gasteiger partial charge in [0.15, 0.2) is 11.1 Å². The van der Waals surface area contributed by atoms with Crippen LogP contribution in [0.25, 0.3) is 16.7 Å². The number of rotatable bonds is 3. The molecular weight excluding hydrogens is 365 g/mol. The Morgan fingerprint density at radius 2 is 1.96 bits per heavy atom. The zero-order valence-corrected chi connectivity index (χ0v) is 13.0. The topological polar surface area (TPSA) is 76.5 Å². The van der Waals surface area contributed by atoms with Crippen molar-refractivity contribution in [3.63, 3.8) is 0 Å². The number of hydrogen-bond acceptors (Lipinski definition) is 4. The highest BCUT2D eigenvalue weighted by molar-refractivity contribution is 5.89. The molecule has 0 spiro atoms. The Labute approximate surface area is 141 Å². The Balaban J connectivity index is 2.29. The highest BCUT2D eigenvalue weighted by Gasteiger charge is 2.59. The van der Waals surface area contributed by atoms with E-state index in [0.29, 0.717) is 0 Å². The molecule has 3 aromatic heterocycles. The Morgan fingerprint density at radius 1 is 1.27 bits per heavy atom. The molecule has 0 aliphatic rings. The summed E-state index contributed by atoms with van der Waals surface area (Å²) in [6.45, 7) is 1.62. The Hall–Kier alpha value is -2.98. The Kier molecular flexibility index (Phi) is 3.97. The summed E-state index contributed by atoms with van der Waals surface area (Å²) in [5.41, 5.74) is -3.12. The fourth-order valence-electron chi connectivity index (χ4n) is 2.38. The van der Waals surface area contributed by atoms with Crippen molar-refractivity contribution in [1.82, 2.24) is 14.4 Å². The highest BCUT2D eigenvalue weighted by atomic mass is 19.4. The number of fused-ring (bicyclic) bond motifs is 3. The van der Waals surface area contributed by atoms with Crippen molar-refractivity contribution in [2.75, 3.05) is 6.61 Å². The summed E-state index contributed by atoms with van der Waals surface area (Å²) >= 11 is 0. The maximum atomic E-state index is 13.6. The lowest BCUT2D eigenvalue weighted by atomic mass is 10.1. The van der Waals surface area contributed by atoms with Gasteiger partial charge in [-0.25, -0.2) is 9.78 Å². The molecule has 3 rings (SSSR count). The number of nitrogens with one attached hydrogen (secondary N) is 1. The van der Waals surface area contributed by atoms with Gasteiger partial charge < -0.3 is 9.72 Å². The number of esters is 1. The van der Waals surface area contributed by atoms with Gasteiger partial charge in [0.1, 0.15) is 17.0 Å². The molecule has 138 valence electrons. The molecular formula is C15H10F5N3O3. The summed E-state index contributed by atoms with van der Waals surface area (Å²) < 4.78 is 70.8. The van der Waals surface area contributed by atoms with E-state index >= 15 is 0 Å². The second-order valence-corrected chi connectivity index (χ2v) is 5.29. The summed E-state index contributed by atoms with van der Waals surface area (Å²) in [7, 11) is 0. The first kappa shape index (κ1) is 17.8. The van der Waals surface area contributed by atoms with E-state index in [2.05, 4.69) is 4.98 Å². The molecule has 11 heteroatoms. The average molecular weight is 375 g/mol. The van der Waals surface area contributed by atoms with Gasteiger partial charge in [0.05, 0.1) is 12.0 Å². The van der Waals surface area contributed by atoms with Gasteiger partial charge in [0.2, 0.25) is 0 Å². The average Bonchev–Trinajstić information content (AvgIpc) is 2.98. The van der Waals surface area contributed by atoms with Crippen LogP contribution in [-0.4, -0.2) is 33.1 Å². The van der Waals surface area contributed by atoms with Crippen LogP contribution in [0, 0.1) is 0 Å². The first-order chi connectivity index (χ1) is 12.1. The lowest BCUT2D eigenvalue weighted by molar-refractivity contribution is -0.290. The van der Waals surface area contributed by atoms with Crippen LogP contribution in [0.5, 0.6) is 0 Å². The van der Waals surface area contributed by atoms with Crippen molar-refractivity contribution in [2.24, 2.45) is 0 Å². The first-order valence-corrected chi connectivity index (χ1v) is 7.23. The van der Waals surface area contributed by atoms with Gasteiger partial charge in [-0.05, 0) is 19.1 Å². The van der Waals surface area contributed by atoms with Crippen molar-refractivity contribution in [1.29, 1.82) is 0 Å². The molecule has 6 nitrogen and oxygen atoms in total. The lowest BCUT2D eigenvalue weighted by Crippen LogP contribution is -2.35. The van der Waals surface area contributed by atoms with E-state index in [1.54, 1.807) is 6.92 Å². The SMILES string of the molecule is CCOC(=O)c1cn2c(ccc3c(=O)cc(C(F)(F)C(F)(F)F)[nH]c32)n1. The van der Waals surface area contributed by atoms with Gasteiger partial charge >= 0.3 is 18.1 Å². The van der Waals surface area contributed by atoms with E-state index in [9.17, 15) is 31.5 Å². The molecule has 0 saturated heterocycles. The van der Waals surface area contributed by atoms with Crippen LogP contribution in [0.4, 0.5) is 22.0 Å². The van der Waals surface area contributed by atoms with Crippen LogP contribution >= 0.6 is 0 Å². The van der Waals surface area contributed by atoms with E-state index in [4.69, 9.17) is 4.74 Å². The van der Waals surface area contributed by atoms with Crippen molar-refractivity contribution in [3.05, 3.63) is 46.0 Å². The zero-order valence-electron chi connectivity index (χ0n) is 13.0. The fourth-order valence-corrected chi connectivity index (χ4v) is 2.38. The minimum Gasteiger partial charge on any atom is -0.461 e. The zero-order chi connectivity index (χ0) is 19.3. The molecule has 0 aliphatic heterocycles. The third-order valence-corrected chi connectivity index (χ3v) is 3.60. The van der Waals surface area contributed by atoms with Crippen LogP contribution in [0.15, 0.2) is 29.2 Å². The summed E-state index contributed by atoms with van der Waals surface area (Å²) in [6.07, 6.45) is -4.80. The fraction of sp³-hybridized carbons (Fsp3) is 0.267. The van der Waals surface area contributed by atoms with E-state index in [1.807, 2.05) is 4.98 Å². The van der Waals surface area contributed by atoms with Crippen LogP contribution in [-0.2, 0) is 10.7 Å². The Morgan fingerprint density at radius 3 is 2.58 bits per heavy atom. The van der Waals surface area contributed by atoms with Gasteiger partial charge in [-0.2, -0.15) is 22.0 Å². The molecule has 0 aromatic carbocycles. The molecule has 0 unspecified atom stereocenters. The Bertz CT molecular complexity index is 1070. The third kappa shape index (κ3) is 2.68. The van der Waals surface area contributed by atoms with E-state index in [0.717, 1.165) is 10.6 Å². The predicted octanol–water partition coefficient (Wildman–Crippen LogP) is 3.01. The molecule has 1 N–H and O–H groups in total. The number of carbonyl (C=O) groups is 1. The number of H-pyrrole nitrogens is 1. The van der Waals surface area contributed by atoms with Gasteiger partial charge in [-0.15, -0.1) is 0 Å². The molecule has 0 fully saturated rings. The largest absolute Gasteiger partial charge is 0.461 e. The van der Waals surface area contributed by atoms with Gasteiger partial charge in [-0.3, -0.25) is 9.20 Å². The number of imidazole rings is 1. The number of pyridine rings is 2. The highest BCUT2D eigenvalue weighted by Crippen LogP contribution is 2.42. The van der Waals surface area contributed by atoms with Crippen molar-refractivity contribution in [2.45, 2.75) is 19.0 Å². The predicted molar refractivity (Wildman–Crippen MR) is 79.2 cm³/mol. The number of aromatic nitrogens is 3. The smallest absolute Gasteiger partial charge is 0.459 e. The van der Waals surface area contributed by atoms with Crippen LogP contribution in [0.3, 0.4) is 0 Å². The minimum atomic E-state index is -5.89. The second-order valence-electron chi connectivity index (χ2n) is 5.29. The monoisotopic (exact) mass is 375 g/mol. The molecule has 0 radical (unpaired) electrons. The standard InChI is InChI=1S/C15H10F5N3O3/c1-2-26-13(25)8-6-23-11(21-8)4-3-7-9(24)5-10(22-12(7)23)14(16,17)15(18,19)20/h3-6H,2H2,1H3,(H,22,24). The molecule has 0 aliphatic carbocycles. The molecule has 0 amide bonds. The summed E-state index contributed by atoms with van der Waals surface area (Å²) in [6, 6.07) is 2.73. The summed E-state index contributed by atoms with van der Waals surface area (Å²) in [5.74, 6) is -6.06. The quantitative estimate of drug-likeness (QED) is 0.564. The van der Waals surface area contributed by atoms with Crippen molar-refractivity contribution >= 4 is 22.6 Å². The van der Waals surface area contributed by atoms with Gasteiger partial charge in [0, 0.05) is 12.3 Å². The number of nitrogens with zero attached hydrogens (tertiary/aromatic N) is 2. The summed E-state index contributed by atoms with van der Waals surface area (Å²) in [5, 5.41) is -0.146. The molecule has 0 bridgehead atoms. The van der Waals surface area contributed by atoms with E-state index in [-0.39, 0.29) is 35.0 Å². The molecule has 26 heavy (non-hydrogen) atoms. The van der Waals surface area contributed by atoms with Crippen molar-refractivity contribution in [3.8, 4) is 0 Å². The lowest BCUT2D eigenvalue weighted by Gasteiger charge is -2.19. The first-order valence-electron chi connectivity index (χ1n) is 7.23. The summed E-state index contributed by atoms with van der Waals surface area (Å²) in [4.78, 5) is 29.6. The van der Waals surface area contributed by atoms with Crippen LogP contribution < -0.4 is 5.43 Å². The number of ether oxygens (including phenoxy) is 1. The van der Waals surface area contributed by atoms with Gasteiger partial charge in [0.25, 0.3) is 0 Å².